The summed E-state index contributed by atoms with van der Waals surface area (Å²) in [6.45, 7) is 14.3. The lowest BCUT2D eigenvalue weighted by Gasteiger charge is -2.35. The van der Waals surface area contributed by atoms with E-state index in [-0.39, 0.29) is 17.4 Å². The number of hydrogen-bond acceptors (Lipinski definition) is 5. The van der Waals surface area contributed by atoms with Crippen LogP contribution in [0.5, 0.6) is 0 Å². The predicted octanol–water partition coefficient (Wildman–Crippen LogP) is 5.66. The van der Waals surface area contributed by atoms with Gasteiger partial charge in [0.15, 0.2) is 0 Å². The van der Waals surface area contributed by atoms with Gasteiger partial charge in [0.25, 0.3) is 11.5 Å². The molecule has 2 aromatic carbocycles. The fourth-order valence-corrected chi connectivity index (χ4v) is 4.57. The van der Waals surface area contributed by atoms with Crippen LogP contribution in [-0.4, -0.2) is 45.1 Å². The number of hydrogen-bond donors (Lipinski definition) is 1. The highest BCUT2D eigenvalue weighted by Crippen LogP contribution is 2.29. The van der Waals surface area contributed by atoms with E-state index < -0.39 is 17.7 Å². The molecule has 1 atom stereocenters. The van der Waals surface area contributed by atoms with Gasteiger partial charge in [-0.1, -0.05) is 61.9 Å². The molecule has 8 heteroatoms. The van der Waals surface area contributed by atoms with Crippen molar-refractivity contribution in [3.05, 3.63) is 99.2 Å². The van der Waals surface area contributed by atoms with Crippen LogP contribution in [0.3, 0.4) is 0 Å². The summed E-state index contributed by atoms with van der Waals surface area (Å²) in [5.74, 6) is 0.339. The fourth-order valence-electron chi connectivity index (χ4n) is 4.57. The van der Waals surface area contributed by atoms with Crippen LogP contribution < -0.4 is 10.9 Å². The number of ether oxygens (including phenoxy) is 1. The SMILES string of the molecule is Cc1ccc(C(=O)N(CCCNC(=O)OC(C)(C)C)C(c2nc(C)cc(=O)n2Cc2ccccc2)C(C)C)cc1. The van der Waals surface area contributed by atoms with E-state index in [0.29, 0.717) is 43.1 Å². The highest BCUT2D eigenvalue weighted by atomic mass is 16.6. The number of nitrogens with zero attached hydrogens (tertiary/aromatic N) is 3. The van der Waals surface area contributed by atoms with Gasteiger partial charge in [-0.25, -0.2) is 9.78 Å². The topological polar surface area (TPSA) is 93.5 Å². The summed E-state index contributed by atoms with van der Waals surface area (Å²) in [6, 6.07) is 18.3. The van der Waals surface area contributed by atoms with Gasteiger partial charge in [-0.2, -0.15) is 0 Å². The summed E-state index contributed by atoms with van der Waals surface area (Å²) in [6.07, 6.45) is -0.00389. The molecule has 0 fully saturated rings. The van der Waals surface area contributed by atoms with E-state index in [9.17, 15) is 14.4 Å². The van der Waals surface area contributed by atoms with E-state index in [2.05, 4.69) is 5.32 Å². The van der Waals surface area contributed by atoms with Crippen molar-refractivity contribution in [2.75, 3.05) is 13.1 Å². The van der Waals surface area contributed by atoms with Crippen molar-refractivity contribution in [2.45, 2.75) is 73.1 Å². The molecular weight excluding hydrogens is 504 g/mol. The summed E-state index contributed by atoms with van der Waals surface area (Å²) in [7, 11) is 0. The Labute approximate surface area is 237 Å². The number of carbonyl (C=O) groups excluding carboxylic acids is 2. The first-order chi connectivity index (χ1) is 18.9. The van der Waals surface area contributed by atoms with Crippen molar-refractivity contribution in [3.63, 3.8) is 0 Å². The summed E-state index contributed by atoms with van der Waals surface area (Å²) >= 11 is 0. The van der Waals surface area contributed by atoms with Crippen molar-refractivity contribution < 1.29 is 14.3 Å². The zero-order valence-corrected chi connectivity index (χ0v) is 24.7. The lowest BCUT2D eigenvalue weighted by atomic mass is 9.98. The third-order valence-corrected chi connectivity index (χ3v) is 6.38. The Kier molecular flexibility index (Phi) is 10.3. The van der Waals surface area contributed by atoms with Crippen LogP contribution in [0.15, 0.2) is 65.5 Å². The van der Waals surface area contributed by atoms with Crippen LogP contribution in [0.4, 0.5) is 4.79 Å². The van der Waals surface area contributed by atoms with Crippen LogP contribution >= 0.6 is 0 Å². The van der Waals surface area contributed by atoms with Gasteiger partial charge in [0.1, 0.15) is 11.4 Å². The van der Waals surface area contributed by atoms with Crippen LogP contribution in [0.25, 0.3) is 0 Å². The molecule has 0 spiro atoms. The largest absolute Gasteiger partial charge is 0.444 e. The average Bonchev–Trinajstić information content (AvgIpc) is 2.87. The van der Waals surface area contributed by atoms with Crippen LogP contribution in [0.2, 0.25) is 0 Å². The van der Waals surface area contributed by atoms with Crippen molar-refractivity contribution in [2.24, 2.45) is 5.92 Å². The second-order valence-electron chi connectivity index (χ2n) is 11.5. The van der Waals surface area contributed by atoms with Gasteiger partial charge < -0.3 is 15.0 Å². The Hall–Kier alpha value is -3.94. The second kappa shape index (κ2) is 13.4. The highest BCUT2D eigenvalue weighted by molar-refractivity contribution is 5.94. The van der Waals surface area contributed by atoms with E-state index in [4.69, 9.17) is 9.72 Å². The first-order valence-corrected chi connectivity index (χ1v) is 13.8. The van der Waals surface area contributed by atoms with Gasteiger partial charge in [0.2, 0.25) is 0 Å². The molecule has 1 heterocycles. The molecule has 1 aromatic heterocycles. The van der Waals surface area contributed by atoms with Gasteiger partial charge in [0, 0.05) is 30.4 Å². The van der Waals surface area contributed by atoms with Crippen molar-refractivity contribution in [1.82, 2.24) is 19.8 Å². The second-order valence-corrected chi connectivity index (χ2v) is 11.5. The summed E-state index contributed by atoms with van der Waals surface area (Å²) < 4.78 is 7.02. The molecular formula is C32H42N4O4. The van der Waals surface area contributed by atoms with E-state index in [1.54, 1.807) is 16.4 Å². The maximum atomic E-state index is 14.0. The number of rotatable bonds is 10. The maximum absolute atomic E-state index is 14.0. The minimum Gasteiger partial charge on any atom is -0.444 e. The maximum Gasteiger partial charge on any atom is 0.407 e. The van der Waals surface area contributed by atoms with Crippen LogP contribution in [0.1, 0.15) is 80.1 Å². The molecule has 2 amide bonds. The normalized spacial score (nSPS) is 12.2. The molecule has 0 saturated carbocycles. The Morgan fingerprint density at radius 3 is 2.27 bits per heavy atom. The molecule has 0 bridgehead atoms. The Balaban J connectivity index is 1.99. The third kappa shape index (κ3) is 8.53. The highest BCUT2D eigenvalue weighted by Gasteiger charge is 2.32. The monoisotopic (exact) mass is 546 g/mol. The molecule has 0 aliphatic rings. The molecule has 0 saturated heterocycles. The number of amides is 2. The zero-order chi connectivity index (χ0) is 29.4. The quantitative estimate of drug-likeness (QED) is 0.331. The molecule has 1 N–H and O–H groups in total. The summed E-state index contributed by atoms with van der Waals surface area (Å²) in [4.78, 5) is 46.1. The zero-order valence-electron chi connectivity index (χ0n) is 24.7. The Morgan fingerprint density at radius 2 is 1.68 bits per heavy atom. The lowest BCUT2D eigenvalue weighted by molar-refractivity contribution is 0.0519. The minimum absolute atomic E-state index is 0.0519. The van der Waals surface area contributed by atoms with E-state index in [0.717, 1.165) is 11.1 Å². The van der Waals surface area contributed by atoms with Gasteiger partial charge in [-0.05, 0) is 64.7 Å². The van der Waals surface area contributed by atoms with Gasteiger partial charge in [-0.15, -0.1) is 0 Å². The van der Waals surface area contributed by atoms with Crippen molar-refractivity contribution >= 4 is 12.0 Å². The Bertz CT molecular complexity index is 1340. The molecule has 0 radical (unpaired) electrons. The van der Waals surface area contributed by atoms with E-state index in [1.165, 1.54) is 6.07 Å². The standard InChI is InChI=1S/C32H42N4O4/c1-22(2)28(29-34-24(4)20-27(37)36(29)21-25-12-9-8-10-13-25)35(30(38)26-16-14-23(3)15-17-26)19-11-18-33-31(39)40-32(5,6)7/h8-10,12-17,20,22,28H,11,18-19,21H2,1-7H3,(H,33,39). The molecule has 40 heavy (non-hydrogen) atoms. The van der Waals surface area contributed by atoms with Crippen molar-refractivity contribution in [1.29, 1.82) is 0 Å². The smallest absolute Gasteiger partial charge is 0.407 e. The van der Waals surface area contributed by atoms with E-state index in [1.807, 2.05) is 96.1 Å². The molecule has 1 unspecified atom stereocenters. The van der Waals surface area contributed by atoms with Gasteiger partial charge >= 0.3 is 6.09 Å². The van der Waals surface area contributed by atoms with Gasteiger partial charge in [-0.3, -0.25) is 14.2 Å². The summed E-state index contributed by atoms with van der Waals surface area (Å²) in [5.41, 5.74) is 2.43. The predicted molar refractivity (Wildman–Crippen MR) is 157 cm³/mol. The minimum atomic E-state index is -0.598. The number of carbonyl (C=O) groups is 2. The lowest BCUT2D eigenvalue weighted by Crippen LogP contribution is -2.43. The fraction of sp³-hybridized carbons (Fsp3) is 0.438. The average molecular weight is 547 g/mol. The van der Waals surface area contributed by atoms with Crippen LogP contribution in [0, 0.1) is 19.8 Å². The number of aryl methyl sites for hydroxylation is 2. The number of aromatic nitrogens is 2. The summed E-state index contributed by atoms with van der Waals surface area (Å²) in [5, 5.41) is 2.78. The van der Waals surface area contributed by atoms with Crippen molar-refractivity contribution in [3.8, 4) is 0 Å². The third-order valence-electron chi connectivity index (χ3n) is 6.38. The number of nitrogens with one attached hydrogen (secondary N) is 1. The van der Waals surface area contributed by atoms with Gasteiger partial charge in [0.05, 0.1) is 12.6 Å². The molecule has 3 aromatic rings. The number of alkyl carbamates (subject to hydrolysis) is 1. The molecule has 3 rings (SSSR count). The molecule has 0 aliphatic heterocycles. The van der Waals surface area contributed by atoms with Crippen LogP contribution in [-0.2, 0) is 11.3 Å². The molecule has 214 valence electrons. The first-order valence-electron chi connectivity index (χ1n) is 13.8. The molecule has 8 nitrogen and oxygen atoms in total. The number of benzene rings is 2. The molecule has 0 aliphatic carbocycles. The first kappa shape index (κ1) is 30.6. The Morgan fingerprint density at radius 1 is 1.02 bits per heavy atom. The van der Waals surface area contributed by atoms with E-state index >= 15 is 0 Å².